The molecule has 4 aromatic rings. The number of phenols is 1. The Labute approximate surface area is 190 Å². The summed E-state index contributed by atoms with van der Waals surface area (Å²) < 4.78 is 27.7. The van der Waals surface area contributed by atoms with Gasteiger partial charge in [0.25, 0.3) is 15.9 Å². The zero-order valence-electron chi connectivity index (χ0n) is 17.3. The summed E-state index contributed by atoms with van der Waals surface area (Å²) in [6.45, 7) is 0.156. The molecule has 0 aliphatic carbocycles. The SMILES string of the molecule is O=C(N/N=C/c1ccccc1O)c1ccc(CN2c3cccc4cccc(c34)S2(=O)=O)cc1. The average molecular weight is 458 g/mol. The molecule has 0 bridgehead atoms. The first-order valence-corrected chi connectivity index (χ1v) is 11.6. The lowest BCUT2D eigenvalue weighted by atomic mass is 10.1. The summed E-state index contributed by atoms with van der Waals surface area (Å²) in [5, 5.41) is 15.2. The normalized spacial score (nSPS) is 14.1. The number of carbonyl (C=O) groups excluding carboxylic acids is 1. The quantitative estimate of drug-likeness (QED) is 0.349. The van der Waals surface area contributed by atoms with Crippen LogP contribution in [0.3, 0.4) is 0 Å². The van der Waals surface area contributed by atoms with E-state index >= 15 is 0 Å². The second-order valence-electron chi connectivity index (χ2n) is 7.60. The number of rotatable bonds is 5. The van der Waals surface area contributed by atoms with Crippen molar-refractivity contribution >= 4 is 38.6 Å². The Morgan fingerprint density at radius 3 is 2.42 bits per heavy atom. The fraction of sp³-hybridized carbons (Fsp3) is 0.0400. The predicted molar refractivity (Wildman–Crippen MR) is 127 cm³/mol. The molecule has 0 atom stereocenters. The van der Waals surface area contributed by atoms with Gasteiger partial charge in [0.05, 0.1) is 23.3 Å². The van der Waals surface area contributed by atoms with Crippen molar-refractivity contribution in [1.82, 2.24) is 5.43 Å². The highest BCUT2D eigenvalue weighted by atomic mass is 32.2. The molecule has 0 saturated heterocycles. The third-order valence-electron chi connectivity index (χ3n) is 5.53. The molecule has 0 radical (unpaired) electrons. The van der Waals surface area contributed by atoms with Crippen LogP contribution < -0.4 is 9.73 Å². The van der Waals surface area contributed by atoms with Gasteiger partial charge in [-0.3, -0.25) is 9.10 Å². The van der Waals surface area contributed by atoms with E-state index in [1.807, 2.05) is 18.2 Å². The minimum absolute atomic E-state index is 0.0644. The lowest BCUT2D eigenvalue weighted by Gasteiger charge is -2.19. The molecule has 4 aromatic carbocycles. The van der Waals surface area contributed by atoms with Crippen molar-refractivity contribution < 1.29 is 18.3 Å². The largest absolute Gasteiger partial charge is 0.507 e. The van der Waals surface area contributed by atoms with Crippen LogP contribution in [0.25, 0.3) is 10.8 Å². The summed E-state index contributed by atoms with van der Waals surface area (Å²) >= 11 is 0. The molecule has 0 saturated carbocycles. The Hall–Kier alpha value is -4.17. The lowest BCUT2D eigenvalue weighted by Crippen LogP contribution is -2.26. The van der Waals surface area contributed by atoms with Gasteiger partial charge in [0.1, 0.15) is 5.75 Å². The maximum absolute atomic E-state index is 13.1. The van der Waals surface area contributed by atoms with Gasteiger partial charge in [0.15, 0.2) is 0 Å². The molecule has 164 valence electrons. The summed E-state index contributed by atoms with van der Waals surface area (Å²) in [5.41, 5.74) is 4.68. The van der Waals surface area contributed by atoms with E-state index in [2.05, 4.69) is 10.5 Å². The van der Waals surface area contributed by atoms with Gasteiger partial charge in [-0.1, -0.05) is 48.5 Å². The van der Waals surface area contributed by atoms with Crippen molar-refractivity contribution in [2.75, 3.05) is 4.31 Å². The molecule has 0 unspecified atom stereocenters. The fourth-order valence-corrected chi connectivity index (χ4v) is 5.58. The number of hydrogen-bond donors (Lipinski definition) is 2. The lowest BCUT2D eigenvalue weighted by molar-refractivity contribution is 0.0955. The van der Waals surface area contributed by atoms with E-state index in [0.29, 0.717) is 21.7 Å². The molecule has 0 aromatic heterocycles. The number of phenolic OH excluding ortho intramolecular Hbond substituents is 1. The standard InChI is InChI=1S/C25H19N3O4S/c29-22-9-2-1-5-20(22)15-26-27-25(30)19-13-11-17(12-14-19)16-28-21-8-3-6-18-7-4-10-23(24(18)21)33(28,31)32/h1-15,29H,16H2,(H,27,30)/b26-15+. The number of amides is 1. The molecule has 5 rings (SSSR count). The number of benzene rings is 4. The molecule has 2 N–H and O–H groups in total. The van der Waals surface area contributed by atoms with E-state index in [-0.39, 0.29) is 12.3 Å². The minimum atomic E-state index is -3.65. The average Bonchev–Trinajstić information content (AvgIpc) is 3.04. The predicted octanol–water partition coefficient (Wildman–Crippen LogP) is 4.02. The highest BCUT2D eigenvalue weighted by molar-refractivity contribution is 7.93. The smallest absolute Gasteiger partial charge is 0.271 e. The molecule has 1 aliphatic heterocycles. The van der Waals surface area contributed by atoms with Crippen molar-refractivity contribution in [3.8, 4) is 5.75 Å². The molecule has 0 fully saturated rings. The Kier molecular flexibility index (Phi) is 5.07. The first-order chi connectivity index (χ1) is 15.9. The molecule has 1 aliphatic rings. The van der Waals surface area contributed by atoms with Gasteiger partial charge in [-0.15, -0.1) is 0 Å². The number of hydrogen-bond acceptors (Lipinski definition) is 5. The number of carbonyl (C=O) groups is 1. The summed E-state index contributed by atoms with van der Waals surface area (Å²) in [7, 11) is -3.65. The van der Waals surface area contributed by atoms with Gasteiger partial charge in [0, 0.05) is 16.5 Å². The highest BCUT2D eigenvalue weighted by Crippen LogP contribution is 2.42. The molecule has 0 spiro atoms. The van der Waals surface area contributed by atoms with Crippen LogP contribution in [0.15, 0.2) is 94.9 Å². The fourth-order valence-electron chi connectivity index (χ4n) is 3.88. The highest BCUT2D eigenvalue weighted by Gasteiger charge is 2.35. The van der Waals surface area contributed by atoms with E-state index < -0.39 is 15.9 Å². The molecule has 1 heterocycles. The molecule has 7 nitrogen and oxygen atoms in total. The maximum atomic E-state index is 13.1. The van der Waals surface area contributed by atoms with Gasteiger partial charge < -0.3 is 5.11 Å². The first kappa shape index (κ1) is 20.7. The Balaban J connectivity index is 1.32. The van der Waals surface area contributed by atoms with Gasteiger partial charge >= 0.3 is 0 Å². The third-order valence-corrected chi connectivity index (χ3v) is 7.33. The Bertz CT molecular complexity index is 1510. The Morgan fingerprint density at radius 1 is 0.939 bits per heavy atom. The number of sulfonamides is 1. The van der Waals surface area contributed by atoms with Crippen molar-refractivity contribution in [2.24, 2.45) is 5.10 Å². The van der Waals surface area contributed by atoms with Gasteiger partial charge in [-0.2, -0.15) is 5.10 Å². The zero-order valence-corrected chi connectivity index (χ0v) is 18.2. The number of anilines is 1. The number of nitrogens with zero attached hydrogens (tertiary/aromatic N) is 2. The van der Waals surface area contributed by atoms with E-state index in [4.69, 9.17) is 0 Å². The zero-order chi connectivity index (χ0) is 23.0. The maximum Gasteiger partial charge on any atom is 0.271 e. The first-order valence-electron chi connectivity index (χ1n) is 10.2. The van der Waals surface area contributed by atoms with Crippen LogP contribution in [0, 0.1) is 0 Å². The number of hydrazone groups is 1. The van der Waals surface area contributed by atoms with Crippen LogP contribution >= 0.6 is 0 Å². The van der Waals surface area contributed by atoms with Crippen molar-refractivity contribution in [1.29, 1.82) is 0 Å². The van der Waals surface area contributed by atoms with Crippen molar-refractivity contribution in [3.05, 3.63) is 102 Å². The van der Waals surface area contributed by atoms with Gasteiger partial charge in [-0.25, -0.2) is 13.8 Å². The summed E-state index contributed by atoms with van der Waals surface area (Å²) in [6.07, 6.45) is 1.36. The molecule has 8 heteroatoms. The van der Waals surface area contributed by atoms with Crippen LogP contribution in [0.2, 0.25) is 0 Å². The summed E-state index contributed by atoms with van der Waals surface area (Å²) in [4.78, 5) is 12.7. The monoisotopic (exact) mass is 457 g/mol. The van der Waals surface area contributed by atoms with Gasteiger partial charge in [-0.05, 0) is 47.3 Å². The second-order valence-corrected chi connectivity index (χ2v) is 9.43. The summed E-state index contributed by atoms with van der Waals surface area (Å²) in [6, 6.07) is 24.2. The summed E-state index contributed by atoms with van der Waals surface area (Å²) in [5.74, 6) is -0.353. The molecule has 1 amide bonds. The van der Waals surface area contributed by atoms with E-state index in [9.17, 15) is 18.3 Å². The minimum Gasteiger partial charge on any atom is -0.507 e. The number of aromatic hydroxyl groups is 1. The van der Waals surface area contributed by atoms with Crippen molar-refractivity contribution in [2.45, 2.75) is 11.4 Å². The van der Waals surface area contributed by atoms with Gasteiger partial charge in [0.2, 0.25) is 0 Å². The van der Waals surface area contributed by atoms with Crippen LogP contribution in [-0.2, 0) is 16.6 Å². The molecular formula is C25H19N3O4S. The molecular weight excluding hydrogens is 438 g/mol. The van der Waals surface area contributed by atoms with Crippen LogP contribution in [0.1, 0.15) is 21.5 Å². The third kappa shape index (κ3) is 3.70. The van der Waals surface area contributed by atoms with Crippen molar-refractivity contribution in [3.63, 3.8) is 0 Å². The number of nitrogens with one attached hydrogen (secondary N) is 1. The van der Waals surface area contributed by atoms with Crippen LogP contribution in [0.5, 0.6) is 5.75 Å². The van der Waals surface area contributed by atoms with Crippen LogP contribution in [-0.4, -0.2) is 25.6 Å². The molecule has 33 heavy (non-hydrogen) atoms. The topological polar surface area (TPSA) is 99.1 Å². The van der Waals surface area contributed by atoms with E-state index in [0.717, 1.165) is 16.3 Å². The van der Waals surface area contributed by atoms with Crippen LogP contribution in [0.4, 0.5) is 5.69 Å². The number of para-hydroxylation sites is 1. The Morgan fingerprint density at radius 2 is 1.67 bits per heavy atom. The van der Waals surface area contributed by atoms with E-state index in [1.165, 1.54) is 16.6 Å². The van der Waals surface area contributed by atoms with E-state index in [1.54, 1.807) is 60.7 Å². The second kappa shape index (κ2) is 8.07.